The fourth-order valence-corrected chi connectivity index (χ4v) is 4.68. The number of aromatic nitrogens is 1. The molecule has 2 aromatic carbocycles. The molecule has 0 bridgehead atoms. The van der Waals surface area contributed by atoms with E-state index >= 15 is 0 Å². The number of thioether (sulfide) groups is 1. The maximum atomic E-state index is 11.0. The summed E-state index contributed by atoms with van der Waals surface area (Å²) >= 11 is 7.56. The highest BCUT2D eigenvalue weighted by molar-refractivity contribution is 7.98. The SMILES string of the molecule is N#Cc1c(SCc2ccc(C(=O)O)cc2)nc2c(c1-c1ccc(Cl)cc1)CCC2. The van der Waals surface area contributed by atoms with Crippen LogP contribution in [-0.4, -0.2) is 16.1 Å². The molecule has 0 aliphatic heterocycles. The van der Waals surface area contributed by atoms with E-state index in [-0.39, 0.29) is 5.56 Å². The normalized spacial score (nSPS) is 12.4. The van der Waals surface area contributed by atoms with Crippen LogP contribution in [0, 0.1) is 11.3 Å². The Kier molecular flexibility index (Phi) is 5.57. The smallest absolute Gasteiger partial charge is 0.335 e. The van der Waals surface area contributed by atoms with Crippen LogP contribution in [0.25, 0.3) is 11.1 Å². The molecule has 0 unspecified atom stereocenters. The molecule has 0 saturated carbocycles. The highest BCUT2D eigenvalue weighted by Gasteiger charge is 2.24. The number of hydrogen-bond donors (Lipinski definition) is 1. The van der Waals surface area contributed by atoms with Gasteiger partial charge >= 0.3 is 5.97 Å². The molecule has 1 aliphatic rings. The van der Waals surface area contributed by atoms with E-state index in [0.717, 1.165) is 46.7 Å². The zero-order chi connectivity index (χ0) is 20.4. The zero-order valence-corrected chi connectivity index (χ0v) is 17.1. The van der Waals surface area contributed by atoms with Crippen LogP contribution in [0.1, 0.15) is 39.2 Å². The lowest BCUT2D eigenvalue weighted by molar-refractivity contribution is 0.0697. The number of aromatic carboxylic acids is 1. The van der Waals surface area contributed by atoms with E-state index in [4.69, 9.17) is 21.7 Å². The number of hydrogen-bond acceptors (Lipinski definition) is 4. The first-order chi connectivity index (χ1) is 14.1. The van der Waals surface area contributed by atoms with Gasteiger partial charge in [-0.1, -0.05) is 35.9 Å². The quantitative estimate of drug-likeness (QED) is 0.531. The Hall–Kier alpha value is -2.81. The molecule has 1 aliphatic carbocycles. The van der Waals surface area contributed by atoms with Crippen LogP contribution in [0.5, 0.6) is 0 Å². The first kappa shape index (κ1) is 19.5. The molecular formula is C23H17ClN2O2S. The summed E-state index contributed by atoms with van der Waals surface area (Å²) in [6.45, 7) is 0. The van der Waals surface area contributed by atoms with Crippen LogP contribution in [0.15, 0.2) is 53.6 Å². The number of pyridine rings is 1. The number of carboxylic acids is 1. The Morgan fingerprint density at radius 2 is 1.86 bits per heavy atom. The highest BCUT2D eigenvalue weighted by Crippen LogP contribution is 2.39. The average molecular weight is 421 g/mol. The summed E-state index contributed by atoms with van der Waals surface area (Å²) < 4.78 is 0. The lowest BCUT2D eigenvalue weighted by Gasteiger charge is -2.14. The second-order valence-corrected chi connectivity index (χ2v) is 8.26. The molecule has 4 rings (SSSR count). The summed E-state index contributed by atoms with van der Waals surface area (Å²) in [7, 11) is 0. The van der Waals surface area contributed by atoms with Crippen LogP contribution in [0.2, 0.25) is 5.02 Å². The van der Waals surface area contributed by atoms with Gasteiger partial charge in [0.2, 0.25) is 0 Å². The van der Waals surface area contributed by atoms with E-state index in [2.05, 4.69) is 6.07 Å². The van der Waals surface area contributed by atoms with Crippen LogP contribution in [0.4, 0.5) is 0 Å². The minimum atomic E-state index is -0.941. The summed E-state index contributed by atoms with van der Waals surface area (Å²) in [4.78, 5) is 15.8. The number of benzene rings is 2. The van der Waals surface area contributed by atoms with Crippen molar-refractivity contribution in [3.8, 4) is 17.2 Å². The summed E-state index contributed by atoms with van der Waals surface area (Å²) in [5, 5.41) is 20.4. The van der Waals surface area contributed by atoms with Gasteiger partial charge in [-0.2, -0.15) is 5.26 Å². The standard InChI is InChI=1S/C23H17ClN2O2S/c24-17-10-8-15(9-11-17)21-18-2-1-3-20(18)26-22(19(21)12-25)29-13-14-4-6-16(7-5-14)23(27)28/h4-11H,1-3,13H2,(H,27,28). The molecule has 6 heteroatoms. The van der Waals surface area contributed by atoms with Gasteiger partial charge in [-0.3, -0.25) is 0 Å². The first-order valence-corrected chi connectivity index (χ1v) is 10.6. The molecule has 0 atom stereocenters. The maximum absolute atomic E-state index is 11.0. The summed E-state index contributed by atoms with van der Waals surface area (Å²) in [5.41, 5.74) is 6.03. The molecule has 0 amide bonds. The number of carboxylic acid groups (broad SMARTS) is 1. The van der Waals surface area contributed by atoms with Gasteiger partial charge in [-0.05, 0) is 60.2 Å². The third-order valence-electron chi connectivity index (χ3n) is 5.01. The lowest BCUT2D eigenvalue weighted by atomic mass is 9.95. The number of aryl methyl sites for hydroxylation is 1. The Morgan fingerprint density at radius 1 is 1.14 bits per heavy atom. The third kappa shape index (κ3) is 4.00. The van der Waals surface area contributed by atoms with Crippen LogP contribution >= 0.6 is 23.4 Å². The summed E-state index contributed by atoms with van der Waals surface area (Å²) in [5.74, 6) is -0.329. The first-order valence-electron chi connectivity index (χ1n) is 9.23. The second-order valence-electron chi connectivity index (χ2n) is 6.86. The van der Waals surface area contributed by atoms with Crippen molar-refractivity contribution in [1.82, 2.24) is 4.98 Å². The van der Waals surface area contributed by atoms with E-state index in [9.17, 15) is 10.1 Å². The third-order valence-corrected chi connectivity index (χ3v) is 6.31. The minimum Gasteiger partial charge on any atom is -0.478 e. The molecule has 0 spiro atoms. The molecular weight excluding hydrogens is 404 g/mol. The van der Waals surface area contributed by atoms with Gasteiger partial charge in [-0.15, -0.1) is 11.8 Å². The van der Waals surface area contributed by atoms with Crippen molar-refractivity contribution in [2.75, 3.05) is 0 Å². The van der Waals surface area contributed by atoms with Crippen molar-refractivity contribution in [2.45, 2.75) is 30.0 Å². The van der Waals surface area contributed by atoms with Crippen molar-refractivity contribution < 1.29 is 9.90 Å². The van der Waals surface area contributed by atoms with Crippen molar-refractivity contribution in [2.24, 2.45) is 0 Å². The van der Waals surface area contributed by atoms with E-state index < -0.39 is 5.97 Å². The van der Waals surface area contributed by atoms with Gasteiger partial charge in [0, 0.05) is 22.0 Å². The van der Waals surface area contributed by atoms with Crippen LogP contribution in [-0.2, 0) is 18.6 Å². The molecule has 1 heterocycles. The largest absolute Gasteiger partial charge is 0.478 e. The highest BCUT2D eigenvalue weighted by atomic mass is 35.5. The van der Waals surface area contributed by atoms with Gasteiger partial charge in [0.15, 0.2) is 0 Å². The van der Waals surface area contributed by atoms with Gasteiger partial charge in [0.05, 0.1) is 11.1 Å². The van der Waals surface area contributed by atoms with E-state index in [1.165, 1.54) is 17.3 Å². The molecule has 3 aromatic rings. The Morgan fingerprint density at radius 3 is 2.52 bits per heavy atom. The fourth-order valence-electron chi connectivity index (χ4n) is 3.60. The van der Waals surface area contributed by atoms with E-state index in [0.29, 0.717) is 16.3 Å². The van der Waals surface area contributed by atoms with E-state index in [1.807, 2.05) is 24.3 Å². The number of nitrogens with zero attached hydrogens (tertiary/aromatic N) is 2. The Labute approximate surface area is 178 Å². The summed E-state index contributed by atoms with van der Waals surface area (Å²) in [6.07, 6.45) is 2.89. The minimum absolute atomic E-state index is 0.261. The van der Waals surface area contributed by atoms with Gasteiger partial charge in [-0.25, -0.2) is 9.78 Å². The average Bonchev–Trinajstić information content (AvgIpc) is 3.20. The molecule has 1 aromatic heterocycles. The number of rotatable bonds is 5. The molecule has 0 fully saturated rings. The van der Waals surface area contributed by atoms with Crippen LogP contribution < -0.4 is 0 Å². The molecule has 144 valence electrons. The molecule has 1 N–H and O–H groups in total. The Balaban J connectivity index is 1.70. The maximum Gasteiger partial charge on any atom is 0.335 e. The van der Waals surface area contributed by atoms with Crippen LogP contribution in [0.3, 0.4) is 0 Å². The Bertz CT molecular complexity index is 1120. The van der Waals surface area contributed by atoms with Gasteiger partial charge in [0.1, 0.15) is 11.1 Å². The number of nitriles is 1. The number of halogens is 1. The van der Waals surface area contributed by atoms with Crippen molar-refractivity contribution in [3.63, 3.8) is 0 Å². The van der Waals surface area contributed by atoms with Crippen molar-refractivity contribution in [3.05, 3.63) is 81.5 Å². The monoisotopic (exact) mass is 420 g/mol. The van der Waals surface area contributed by atoms with Crippen molar-refractivity contribution in [1.29, 1.82) is 5.26 Å². The predicted octanol–water partition coefficient (Wildman–Crippen LogP) is 5.75. The topological polar surface area (TPSA) is 74.0 Å². The predicted molar refractivity (Wildman–Crippen MR) is 114 cm³/mol. The molecule has 4 nitrogen and oxygen atoms in total. The second kappa shape index (κ2) is 8.28. The molecule has 29 heavy (non-hydrogen) atoms. The number of carbonyl (C=O) groups is 1. The van der Waals surface area contributed by atoms with E-state index in [1.54, 1.807) is 24.3 Å². The fraction of sp³-hybridized carbons (Fsp3) is 0.174. The van der Waals surface area contributed by atoms with Crippen molar-refractivity contribution >= 4 is 29.3 Å². The summed E-state index contributed by atoms with van der Waals surface area (Å²) in [6, 6.07) is 16.8. The molecule has 0 saturated heterocycles. The zero-order valence-electron chi connectivity index (χ0n) is 15.5. The lowest BCUT2D eigenvalue weighted by Crippen LogP contribution is -2.01. The number of fused-ring (bicyclic) bond motifs is 1. The van der Waals surface area contributed by atoms with Gasteiger partial charge < -0.3 is 5.11 Å². The molecule has 0 radical (unpaired) electrons. The van der Waals surface area contributed by atoms with Gasteiger partial charge in [0.25, 0.3) is 0 Å².